The van der Waals surface area contributed by atoms with Crippen molar-refractivity contribution in [3.05, 3.63) is 41.2 Å². The molecule has 3 rings (SSSR count). The summed E-state index contributed by atoms with van der Waals surface area (Å²) in [6, 6.07) is 5.71. The smallest absolute Gasteiger partial charge is 0.263 e. The number of carbonyl (C=O) groups excluding carboxylic acids is 2. The molecule has 28 heavy (non-hydrogen) atoms. The van der Waals surface area contributed by atoms with Gasteiger partial charge in [0.05, 0.1) is 4.90 Å². The largest absolute Gasteiger partial charge is 0.360 e. The molecule has 2 amide bonds. The van der Waals surface area contributed by atoms with Crippen LogP contribution < -0.4 is 10.0 Å². The Morgan fingerprint density at radius 1 is 1.25 bits per heavy atom. The first kappa shape index (κ1) is 19.9. The zero-order valence-electron chi connectivity index (χ0n) is 15.9. The Morgan fingerprint density at radius 2 is 2.00 bits per heavy atom. The van der Waals surface area contributed by atoms with Crippen LogP contribution in [-0.4, -0.2) is 42.9 Å². The van der Waals surface area contributed by atoms with Crippen molar-refractivity contribution in [2.24, 2.45) is 0 Å². The van der Waals surface area contributed by atoms with Crippen LogP contribution in [0.15, 0.2) is 33.7 Å². The monoisotopic (exact) mass is 406 g/mol. The summed E-state index contributed by atoms with van der Waals surface area (Å²) in [6.45, 7) is 5.44. The second kappa shape index (κ2) is 7.63. The van der Waals surface area contributed by atoms with Crippen LogP contribution in [0.3, 0.4) is 0 Å². The van der Waals surface area contributed by atoms with Gasteiger partial charge in [-0.3, -0.25) is 14.3 Å². The summed E-state index contributed by atoms with van der Waals surface area (Å²) < 4.78 is 32.5. The van der Waals surface area contributed by atoms with Crippen LogP contribution in [0, 0.1) is 6.92 Å². The number of aromatic nitrogens is 1. The van der Waals surface area contributed by atoms with Crippen molar-refractivity contribution in [3.8, 4) is 0 Å². The first-order valence-electron chi connectivity index (χ1n) is 8.79. The third-order valence-corrected chi connectivity index (χ3v) is 5.82. The van der Waals surface area contributed by atoms with Crippen LogP contribution in [-0.2, 0) is 32.6 Å². The van der Waals surface area contributed by atoms with E-state index in [1.54, 1.807) is 30.9 Å². The van der Waals surface area contributed by atoms with Gasteiger partial charge in [-0.2, -0.15) is 0 Å². The molecule has 0 unspecified atom stereocenters. The van der Waals surface area contributed by atoms with Gasteiger partial charge in [-0.05, 0) is 43.5 Å². The molecular weight excluding hydrogens is 384 g/mol. The fraction of sp³-hybridized carbons (Fsp3) is 0.389. The molecule has 1 atom stereocenters. The molecule has 0 aliphatic carbocycles. The number of nitrogens with one attached hydrogen (secondary N) is 2. The number of rotatable bonds is 5. The molecule has 0 radical (unpaired) electrons. The predicted molar refractivity (Wildman–Crippen MR) is 101 cm³/mol. The molecule has 0 fully saturated rings. The third kappa shape index (κ3) is 4.33. The van der Waals surface area contributed by atoms with Crippen molar-refractivity contribution in [2.75, 3.05) is 11.3 Å². The van der Waals surface area contributed by atoms with E-state index >= 15 is 0 Å². The molecule has 10 heteroatoms. The zero-order valence-corrected chi connectivity index (χ0v) is 16.7. The highest BCUT2D eigenvalue weighted by Crippen LogP contribution is 2.24. The number of amides is 2. The van der Waals surface area contributed by atoms with Crippen molar-refractivity contribution < 1.29 is 22.5 Å². The third-order valence-electron chi connectivity index (χ3n) is 4.47. The van der Waals surface area contributed by atoms with E-state index in [1.165, 1.54) is 19.1 Å². The zero-order chi connectivity index (χ0) is 20.5. The van der Waals surface area contributed by atoms with Gasteiger partial charge in [0.15, 0.2) is 5.82 Å². The van der Waals surface area contributed by atoms with Crippen LogP contribution in [0.2, 0.25) is 0 Å². The summed E-state index contributed by atoms with van der Waals surface area (Å²) in [6.07, 6.45) is 0.615. The first-order chi connectivity index (χ1) is 13.2. The Bertz CT molecular complexity index is 1010. The van der Waals surface area contributed by atoms with Crippen molar-refractivity contribution in [1.29, 1.82) is 0 Å². The quantitative estimate of drug-likeness (QED) is 0.769. The Hall–Kier alpha value is -2.88. The molecule has 2 aromatic rings. The van der Waals surface area contributed by atoms with Crippen LogP contribution in [0.1, 0.15) is 30.7 Å². The number of benzene rings is 1. The van der Waals surface area contributed by atoms with Gasteiger partial charge in [0.2, 0.25) is 11.8 Å². The van der Waals surface area contributed by atoms with E-state index in [4.69, 9.17) is 4.52 Å². The van der Waals surface area contributed by atoms with Crippen LogP contribution in [0.5, 0.6) is 0 Å². The fourth-order valence-electron chi connectivity index (χ4n) is 3.14. The molecule has 0 saturated heterocycles. The minimum Gasteiger partial charge on any atom is -0.360 e. The summed E-state index contributed by atoms with van der Waals surface area (Å²) in [5, 5.41) is 6.22. The molecule has 0 saturated carbocycles. The van der Waals surface area contributed by atoms with Gasteiger partial charge >= 0.3 is 0 Å². The summed E-state index contributed by atoms with van der Waals surface area (Å²) in [4.78, 5) is 25.4. The number of fused-ring (bicyclic) bond motifs is 1. The SMILES string of the molecule is CC(=O)N[C@@H](C)C(=O)N1CCc2ccc(S(=O)(=O)Nc3cc(C)on3)cc2C1. The number of hydrogen-bond acceptors (Lipinski definition) is 6. The lowest BCUT2D eigenvalue weighted by Crippen LogP contribution is -2.47. The number of anilines is 1. The average molecular weight is 406 g/mol. The topological polar surface area (TPSA) is 122 Å². The molecular formula is C18H22N4O5S. The van der Waals surface area contributed by atoms with Crippen LogP contribution >= 0.6 is 0 Å². The van der Waals surface area contributed by atoms with E-state index in [9.17, 15) is 18.0 Å². The van der Waals surface area contributed by atoms with Gasteiger partial charge in [-0.1, -0.05) is 11.2 Å². The minimum absolute atomic E-state index is 0.0797. The fourth-order valence-corrected chi connectivity index (χ4v) is 4.17. The second-order valence-corrected chi connectivity index (χ2v) is 8.47. The van der Waals surface area contributed by atoms with E-state index in [0.717, 1.165) is 11.1 Å². The maximum Gasteiger partial charge on any atom is 0.263 e. The molecule has 150 valence electrons. The lowest BCUT2D eigenvalue weighted by molar-refractivity contribution is -0.136. The molecule has 1 aliphatic heterocycles. The molecule has 2 heterocycles. The lowest BCUT2D eigenvalue weighted by Gasteiger charge is -2.31. The van der Waals surface area contributed by atoms with E-state index < -0.39 is 16.1 Å². The van der Waals surface area contributed by atoms with Gasteiger partial charge in [-0.15, -0.1) is 0 Å². The number of aryl methyl sites for hydroxylation is 1. The molecule has 1 aromatic heterocycles. The summed E-state index contributed by atoms with van der Waals surface area (Å²) in [5.41, 5.74) is 1.75. The summed E-state index contributed by atoms with van der Waals surface area (Å²) in [5.74, 6) is 0.118. The van der Waals surface area contributed by atoms with Crippen molar-refractivity contribution in [3.63, 3.8) is 0 Å². The maximum absolute atomic E-state index is 12.6. The number of hydrogen-bond donors (Lipinski definition) is 2. The molecule has 9 nitrogen and oxygen atoms in total. The van der Waals surface area contributed by atoms with E-state index in [1.807, 2.05) is 0 Å². The summed E-state index contributed by atoms with van der Waals surface area (Å²) >= 11 is 0. The number of nitrogens with zero attached hydrogens (tertiary/aromatic N) is 2. The lowest BCUT2D eigenvalue weighted by atomic mass is 9.99. The van der Waals surface area contributed by atoms with Gasteiger partial charge in [0, 0.05) is 26.1 Å². The minimum atomic E-state index is -3.84. The van der Waals surface area contributed by atoms with Gasteiger partial charge in [-0.25, -0.2) is 8.42 Å². The molecule has 1 aliphatic rings. The molecule has 0 bridgehead atoms. The highest BCUT2D eigenvalue weighted by molar-refractivity contribution is 7.92. The van der Waals surface area contributed by atoms with E-state index in [-0.39, 0.29) is 29.1 Å². The van der Waals surface area contributed by atoms with Crippen molar-refractivity contribution >= 4 is 27.7 Å². The predicted octanol–water partition coefficient (Wildman–Crippen LogP) is 1.19. The van der Waals surface area contributed by atoms with Gasteiger partial charge < -0.3 is 14.7 Å². The Labute approximate surface area is 163 Å². The molecule has 1 aromatic carbocycles. The van der Waals surface area contributed by atoms with E-state index in [2.05, 4.69) is 15.2 Å². The molecule has 2 N–H and O–H groups in total. The second-order valence-electron chi connectivity index (χ2n) is 6.79. The van der Waals surface area contributed by atoms with Gasteiger partial charge in [0.25, 0.3) is 10.0 Å². The molecule has 0 spiro atoms. The number of carbonyl (C=O) groups is 2. The van der Waals surface area contributed by atoms with Crippen molar-refractivity contribution in [1.82, 2.24) is 15.4 Å². The Kier molecular flexibility index (Phi) is 5.41. The maximum atomic E-state index is 12.6. The highest BCUT2D eigenvalue weighted by Gasteiger charge is 2.26. The van der Waals surface area contributed by atoms with Gasteiger partial charge in [0.1, 0.15) is 11.8 Å². The normalized spacial score (nSPS) is 14.9. The standard InChI is InChI=1S/C18H22N4O5S/c1-11-8-17(20-27-11)21-28(25,26)16-5-4-14-6-7-22(10-15(14)9-16)18(24)12(2)19-13(3)23/h4-5,8-9,12H,6-7,10H2,1-3H3,(H,19,23)(H,20,21)/t12-/m0/s1. The van der Waals surface area contributed by atoms with Crippen molar-refractivity contribution in [2.45, 2.75) is 44.7 Å². The first-order valence-corrected chi connectivity index (χ1v) is 10.3. The average Bonchev–Trinajstić information content (AvgIpc) is 3.03. The van der Waals surface area contributed by atoms with E-state index in [0.29, 0.717) is 18.7 Å². The number of sulfonamides is 1. The van der Waals surface area contributed by atoms with Crippen LogP contribution in [0.4, 0.5) is 5.82 Å². The Morgan fingerprint density at radius 3 is 2.64 bits per heavy atom. The highest BCUT2D eigenvalue weighted by atomic mass is 32.2. The summed E-state index contributed by atoms with van der Waals surface area (Å²) in [7, 11) is -3.84. The van der Waals surface area contributed by atoms with Crippen LogP contribution in [0.25, 0.3) is 0 Å². The Balaban J connectivity index is 1.79.